The van der Waals surface area contributed by atoms with Gasteiger partial charge in [0.2, 0.25) is 0 Å². The minimum Gasteiger partial charge on any atom is -0.493 e. The van der Waals surface area contributed by atoms with Crippen LogP contribution in [0.1, 0.15) is 29.4 Å². The number of ether oxygens (including phenoxy) is 2. The van der Waals surface area contributed by atoms with E-state index in [-0.39, 0.29) is 11.9 Å². The summed E-state index contributed by atoms with van der Waals surface area (Å²) in [6.07, 6.45) is 5.03. The molecule has 34 heavy (non-hydrogen) atoms. The van der Waals surface area contributed by atoms with E-state index >= 15 is 0 Å². The van der Waals surface area contributed by atoms with Crippen molar-refractivity contribution >= 4 is 5.91 Å². The van der Waals surface area contributed by atoms with Crippen molar-refractivity contribution in [1.29, 1.82) is 0 Å². The lowest BCUT2D eigenvalue weighted by atomic mass is 10.0. The number of amides is 1. The summed E-state index contributed by atoms with van der Waals surface area (Å²) in [7, 11) is 3.24. The van der Waals surface area contributed by atoms with Crippen LogP contribution in [-0.2, 0) is 6.42 Å². The maximum Gasteiger partial charge on any atom is 0.270 e. The normalized spacial score (nSPS) is 11.6. The van der Waals surface area contributed by atoms with Gasteiger partial charge < -0.3 is 14.8 Å². The third-order valence-electron chi connectivity index (χ3n) is 5.80. The molecule has 0 radical (unpaired) electrons. The number of imidazole rings is 1. The van der Waals surface area contributed by atoms with Gasteiger partial charge in [0.15, 0.2) is 11.5 Å². The summed E-state index contributed by atoms with van der Waals surface area (Å²) in [5, 5.41) is 3.11. The highest BCUT2D eigenvalue weighted by Gasteiger charge is 2.16. The highest BCUT2D eigenvalue weighted by atomic mass is 16.5. The molecule has 0 spiro atoms. The fourth-order valence-corrected chi connectivity index (χ4v) is 3.92. The molecule has 0 aliphatic rings. The van der Waals surface area contributed by atoms with Crippen LogP contribution in [-0.4, -0.2) is 35.7 Å². The maximum atomic E-state index is 13.0. The molecule has 6 nitrogen and oxygen atoms in total. The van der Waals surface area contributed by atoms with Crippen LogP contribution in [0.5, 0.6) is 11.5 Å². The minimum absolute atomic E-state index is 0.0363. The van der Waals surface area contributed by atoms with Gasteiger partial charge in [-0.3, -0.25) is 9.36 Å². The molecular weight excluding hydrogens is 426 g/mol. The molecule has 1 N–H and O–H groups in total. The molecule has 0 fully saturated rings. The Bertz CT molecular complexity index is 1250. The van der Waals surface area contributed by atoms with Crippen molar-refractivity contribution in [3.05, 3.63) is 96.6 Å². The molecule has 6 heteroatoms. The lowest BCUT2D eigenvalue weighted by Gasteiger charge is -2.15. The van der Waals surface area contributed by atoms with Crippen molar-refractivity contribution in [1.82, 2.24) is 14.9 Å². The van der Waals surface area contributed by atoms with Gasteiger partial charge in [0.1, 0.15) is 5.69 Å². The molecule has 1 aromatic heterocycles. The Hall–Kier alpha value is -4.06. The smallest absolute Gasteiger partial charge is 0.270 e. The second kappa shape index (κ2) is 10.7. The molecule has 3 aromatic carbocycles. The molecule has 4 rings (SSSR count). The summed E-state index contributed by atoms with van der Waals surface area (Å²) in [5.41, 5.74) is 4.60. The van der Waals surface area contributed by atoms with Gasteiger partial charge in [-0.2, -0.15) is 0 Å². The lowest BCUT2D eigenvalue weighted by Crippen LogP contribution is -2.34. The summed E-state index contributed by atoms with van der Waals surface area (Å²) in [6.45, 7) is 2.03. The number of aryl methyl sites for hydroxylation is 1. The third-order valence-corrected chi connectivity index (χ3v) is 5.80. The van der Waals surface area contributed by atoms with Crippen molar-refractivity contribution in [3.8, 4) is 28.3 Å². The van der Waals surface area contributed by atoms with Crippen LogP contribution in [0.25, 0.3) is 16.8 Å². The third kappa shape index (κ3) is 5.29. The molecule has 0 saturated carbocycles. The quantitative estimate of drug-likeness (QED) is 0.372. The van der Waals surface area contributed by atoms with Crippen LogP contribution in [0.2, 0.25) is 0 Å². The van der Waals surface area contributed by atoms with Crippen LogP contribution >= 0.6 is 0 Å². The van der Waals surface area contributed by atoms with E-state index in [1.165, 1.54) is 5.56 Å². The summed E-state index contributed by atoms with van der Waals surface area (Å²) >= 11 is 0. The summed E-state index contributed by atoms with van der Waals surface area (Å²) in [5.74, 6) is 1.20. The standard InChI is InChI=1S/C28H29N3O3/c1-20(12-13-21-8-5-4-6-9-21)30-28(32)25-18-29-19-31(25)24-11-7-10-22(16-24)23-14-15-26(33-2)27(17-23)34-3/h4-11,14-20H,12-13H2,1-3H3,(H,30,32). The first-order valence-corrected chi connectivity index (χ1v) is 11.3. The number of methoxy groups -OCH3 is 2. The first-order chi connectivity index (χ1) is 16.6. The summed E-state index contributed by atoms with van der Waals surface area (Å²) < 4.78 is 12.6. The summed E-state index contributed by atoms with van der Waals surface area (Å²) in [6, 6.07) is 24.1. The van der Waals surface area contributed by atoms with Crippen molar-refractivity contribution < 1.29 is 14.3 Å². The van der Waals surface area contributed by atoms with Crippen LogP contribution in [0, 0.1) is 0 Å². The fourth-order valence-electron chi connectivity index (χ4n) is 3.92. The van der Waals surface area contributed by atoms with Crippen LogP contribution in [0.4, 0.5) is 0 Å². The number of aromatic nitrogens is 2. The molecule has 1 amide bonds. The Morgan fingerprint density at radius 1 is 0.941 bits per heavy atom. The van der Waals surface area contributed by atoms with E-state index in [1.807, 2.05) is 72.2 Å². The van der Waals surface area contributed by atoms with Crippen LogP contribution in [0.3, 0.4) is 0 Å². The Morgan fingerprint density at radius 3 is 2.47 bits per heavy atom. The van der Waals surface area contributed by atoms with E-state index in [4.69, 9.17) is 9.47 Å². The highest BCUT2D eigenvalue weighted by Crippen LogP contribution is 2.33. The predicted molar refractivity (Wildman–Crippen MR) is 134 cm³/mol. The van der Waals surface area contributed by atoms with Gasteiger partial charge in [-0.15, -0.1) is 0 Å². The highest BCUT2D eigenvalue weighted by molar-refractivity contribution is 5.93. The van der Waals surface area contributed by atoms with Gasteiger partial charge in [0.25, 0.3) is 5.91 Å². The van der Waals surface area contributed by atoms with E-state index < -0.39 is 0 Å². The average molecular weight is 456 g/mol. The summed E-state index contributed by atoms with van der Waals surface area (Å²) in [4.78, 5) is 17.3. The van der Waals surface area contributed by atoms with E-state index in [0.717, 1.165) is 29.7 Å². The molecule has 1 heterocycles. The van der Waals surface area contributed by atoms with Crippen molar-refractivity contribution in [2.45, 2.75) is 25.8 Å². The van der Waals surface area contributed by atoms with Gasteiger partial charge in [-0.1, -0.05) is 48.5 Å². The lowest BCUT2D eigenvalue weighted by molar-refractivity contribution is 0.0931. The van der Waals surface area contributed by atoms with Gasteiger partial charge in [-0.05, 0) is 60.7 Å². The average Bonchev–Trinajstić information content (AvgIpc) is 3.38. The second-order valence-corrected chi connectivity index (χ2v) is 8.17. The van der Waals surface area contributed by atoms with Gasteiger partial charge in [0, 0.05) is 11.7 Å². The number of nitrogens with one attached hydrogen (secondary N) is 1. The zero-order chi connectivity index (χ0) is 23.9. The largest absolute Gasteiger partial charge is 0.493 e. The number of hydrogen-bond acceptors (Lipinski definition) is 4. The number of hydrogen-bond donors (Lipinski definition) is 1. The Morgan fingerprint density at radius 2 is 1.71 bits per heavy atom. The van der Waals surface area contributed by atoms with Crippen LogP contribution < -0.4 is 14.8 Å². The van der Waals surface area contributed by atoms with Gasteiger partial charge in [0.05, 0.1) is 26.7 Å². The predicted octanol–water partition coefficient (Wildman–Crippen LogP) is 5.31. The first-order valence-electron chi connectivity index (χ1n) is 11.3. The SMILES string of the molecule is COc1ccc(-c2cccc(-n3cncc3C(=O)NC(C)CCc3ccccc3)c2)cc1OC. The molecule has 0 aliphatic heterocycles. The maximum absolute atomic E-state index is 13.0. The zero-order valence-corrected chi connectivity index (χ0v) is 19.7. The number of carbonyl (C=O) groups is 1. The molecule has 0 saturated heterocycles. The van der Waals surface area contributed by atoms with Crippen molar-refractivity contribution in [3.63, 3.8) is 0 Å². The zero-order valence-electron chi connectivity index (χ0n) is 19.7. The van der Waals surface area contributed by atoms with E-state index in [9.17, 15) is 4.79 Å². The van der Waals surface area contributed by atoms with E-state index in [1.54, 1.807) is 26.7 Å². The monoisotopic (exact) mass is 455 g/mol. The molecule has 4 aromatic rings. The Labute approximate surface area is 200 Å². The topological polar surface area (TPSA) is 65.4 Å². The molecule has 0 aliphatic carbocycles. The number of benzene rings is 3. The van der Waals surface area contributed by atoms with Crippen molar-refractivity contribution in [2.75, 3.05) is 14.2 Å². The number of nitrogens with zero attached hydrogens (tertiary/aromatic N) is 2. The van der Waals surface area contributed by atoms with Crippen LogP contribution in [0.15, 0.2) is 85.3 Å². The number of carbonyl (C=O) groups excluding carboxylic acids is 1. The fraction of sp³-hybridized carbons (Fsp3) is 0.214. The first kappa shape index (κ1) is 23.1. The second-order valence-electron chi connectivity index (χ2n) is 8.17. The molecule has 1 atom stereocenters. The Balaban J connectivity index is 1.50. The minimum atomic E-state index is -0.144. The van der Waals surface area contributed by atoms with E-state index in [0.29, 0.717) is 17.2 Å². The molecule has 0 bridgehead atoms. The number of rotatable bonds is 9. The molecule has 174 valence electrons. The molecule has 1 unspecified atom stereocenters. The Kier molecular flexibility index (Phi) is 7.28. The van der Waals surface area contributed by atoms with Crippen molar-refractivity contribution in [2.24, 2.45) is 0 Å². The van der Waals surface area contributed by atoms with Gasteiger partial charge in [-0.25, -0.2) is 4.98 Å². The van der Waals surface area contributed by atoms with Gasteiger partial charge >= 0.3 is 0 Å². The van der Waals surface area contributed by atoms with E-state index in [2.05, 4.69) is 22.4 Å². The molecular formula is C28H29N3O3.